The molecule has 0 fully saturated rings. The standard InChI is InChI=1S/C7H13NO3/c1-4-6(7(10)11-3)8-5(2)9/h6H,4H2,1-3H3,(H,8,9)/t6-/m1/s1/i2D3,3D3. The average Bonchev–Trinajstić information content (AvgIpc) is 2.08. The molecule has 0 aliphatic heterocycles. The summed E-state index contributed by atoms with van der Waals surface area (Å²) in [6, 6.07) is -1.29. The largest absolute Gasteiger partial charge is 0.467 e. The predicted octanol–water partition coefficient (Wildman–Crippen LogP) is 0.0741. The van der Waals surface area contributed by atoms with Crippen LogP contribution in [0.4, 0.5) is 0 Å². The molecular formula is C7H13NO3. The summed E-state index contributed by atoms with van der Waals surface area (Å²) in [5.74, 6) is -2.52. The summed E-state index contributed by atoms with van der Waals surface area (Å²) < 4.78 is 44.5. The van der Waals surface area contributed by atoms with Crippen LogP contribution in [0.25, 0.3) is 0 Å². The van der Waals surface area contributed by atoms with E-state index in [1.54, 1.807) is 0 Å². The van der Waals surface area contributed by atoms with Crippen molar-refractivity contribution in [1.82, 2.24) is 5.32 Å². The Balaban J connectivity index is 4.55. The number of nitrogens with one attached hydrogen (secondary N) is 1. The van der Waals surface area contributed by atoms with Crippen molar-refractivity contribution >= 4 is 11.9 Å². The van der Waals surface area contributed by atoms with Gasteiger partial charge < -0.3 is 10.1 Å². The first kappa shape index (κ1) is 3.56. The molecule has 1 amide bonds. The second kappa shape index (κ2) is 4.71. The summed E-state index contributed by atoms with van der Waals surface area (Å²) in [4.78, 5) is 22.4. The van der Waals surface area contributed by atoms with Gasteiger partial charge >= 0.3 is 5.97 Å². The maximum Gasteiger partial charge on any atom is 0.328 e. The van der Waals surface area contributed by atoms with Crippen LogP contribution in [0.5, 0.6) is 0 Å². The Morgan fingerprint density at radius 1 is 1.73 bits per heavy atom. The van der Waals surface area contributed by atoms with Crippen molar-refractivity contribution in [2.75, 3.05) is 7.04 Å². The zero-order chi connectivity index (χ0) is 13.9. The Hall–Kier alpha value is -1.06. The summed E-state index contributed by atoms with van der Waals surface area (Å²) in [6.07, 6.45) is 0.0245. The van der Waals surface area contributed by atoms with Crippen LogP contribution < -0.4 is 5.32 Å². The van der Waals surface area contributed by atoms with Gasteiger partial charge in [-0.15, -0.1) is 0 Å². The molecule has 0 saturated carbocycles. The number of methoxy groups -OCH3 is 1. The maximum atomic E-state index is 11.3. The van der Waals surface area contributed by atoms with E-state index in [1.165, 1.54) is 6.92 Å². The first-order chi connectivity index (χ1) is 7.47. The van der Waals surface area contributed by atoms with Gasteiger partial charge in [0.1, 0.15) is 6.04 Å². The van der Waals surface area contributed by atoms with E-state index in [-0.39, 0.29) is 6.42 Å². The molecule has 0 spiro atoms. The molecule has 0 radical (unpaired) electrons. The van der Waals surface area contributed by atoms with Crippen molar-refractivity contribution in [1.29, 1.82) is 0 Å². The molecule has 0 aromatic carbocycles. The van der Waals surface area contributed by atoms with Crippen molar-refractivity contribution in [3.8, 4) is 0 Å². The van der Waals surface area contributed by atoms with Crippen LogP contribution in [-0.2, 0) is 14.3 Å². The molecular weight excluding hydrogens is 146 g/mol. The highest BCUT2D eigenvalue weighted by Crippen LogP contribution is 1.92. The Morgan fingerprint density at radius 2 is 2.45 bits per heavy atom. The van der Waals surface area contributed by atoms with Crippen LogP contribution >= 0.6 is 0 Å². The first-order valence-corrected chi connectivity index (χ1v) is 3.01. The number of esters is 1. The normalized spacial score (nSPS) is 22.3. The third kappa shape index (κ3) is 3.60. The zero-order valence-corrected chi connectivity index (χ0v) is 6.01. The van der Waals surface area contributed by atoms with E-state index in [1.807, 2.05) is 5.32 Å². The minimum absolute atomic E-state index is 0.0245. The van der Waals surface area contributed by atoms with Crippen molar-refractivity contribution in [3.63, 3.8) is 0 Å². The molecule has 11 heavy (non-hydrogen) atoms. The van der Waals surface area contributed by atoms with Crippen molar-refractivity contribution in [2.24, 2.45) is 0 Å². The number of rotatable bonds is 3. The van der Waals surface area contributed by atoms with E-state index in [2.05, 4.69) is 4.74 Å². The smallest absolute Gasteiger partial charge is 0.328 e. The number of ether oxygens (including phenoxy) is 1. The van der Waals surface area contributed by atoms with Crippen LogP contribution in [-0.4, -0.2) is 25.0 Å². The average molecular weight is 165 g/mol. The number of carbonyl (C=O) groups is 2. The van der Waals surface area contributed by atoms with Gasteiger partial charge in [0.05, 0.1) is 11.2 Å². The summed E-state index contributed by atoms with van der Waals surface area (Å²) >= 11 is 0. The molecule has 0 aliphatic carbocycles. The molecule has 0 bridgehead atoms. The highest BCUT2D eigenvalue weighted by atomic mass is 16.5. The number of hydrogen-bond donors (Lipinski definition) is 1. The third-order valence-corrected chi connectivity index (χ3v) is 1.10. The molecule has 0 aromatic heterocycles. The van der Waals surface area contributed by atoms with Gasteiger partial charge in [0.15, 0.2) is 0 Å². The molecule has 0 aromatic rings. The van der Waals surface area contributed by atoms with Gasteiger partial charge in [-0.05, 0) is 6.42 Å². The molecule has 64 valence electrons. The highest BCUT2D eigenvalue weighted by Gasteiger charge is 2.16. The molecule has 0 rings (SSSR count). The van der Waals surface area contributed by atoms with Gasteiger partial charge in [0, 0.05) is 11.0 Å². The zero-order valence-electron chi connectivity index (χ0n) is 12.0. The van der Waals surface area contributed by atoms with E-state index in [9.17, 15) is 9.59 Å². The van der Waals surface area contributed by atoms with E-state index in [0.717, 1.165) is 0 Å². The third-order valence-electron chi connectivity index (χ3n) is 1.10. The minimum Gasteiger partial charge on any atom is -0.467 e. The fourth-order valence-electron chi connectivity index (χ4n) is 0.557. The topological polar surface area (TPSA) is 55.4 Å². The van der Waals surface area contributed by atoms with E-state index in [0.29, 0.717) is 0 Å². The van der Waals surface area contributed by atoms with Crippen LogP contribution in [0.2, 0.25) is 0 Å². The lowest BCUT2D eigenvalue weighted by molar-refractivity contribution is -0.144. The summed E-state index contributed by atoms with van der Waals surface area (Å²) in [6.45, 7) is -1.42. The first-order valence-electron chi connectivity index (χ1n) is 6.01. The monoisotopic (exact) mass is 165 g/mol. The molecule has 4 nitrogen and oxygen atoms in total. The summed E-state index contributed by atoms with van der Waals surface area (Å²) in [5.41, 5.74) is 0. The summed E-state index contributed by atoms with van der Waals surface area (Å²) in [7, 11) is -2.92. The van der Waals surface area contributed by atoms with Gasteiger partial charge in [0.2, 0.25) is 5.91 Å². The lowest BCUT2D eigenvalue weighted by atomic mass is 10.2. The minimum atomic E-state index is -2.92. The van der Waals surface area contributed by atoms with E-state index >= 15 is 0 Å². The Labute approximate surface area is 74.3 Å². The summed E-state index contributed by atoms with van der Waals surface area (Å²) in [5, 5.41) is 1.90. The van der Waals surface area contributed by atoms with Gasteiger partial charge in [-0.2, -0.15) is 0 Å². The van der Waals surface area contributed by atoms with Crippen molar-refractivity contribution < 1.29 is 22.6 Å². The number of carbonyl (C=O) groups excluding carboxylic acids is 2. The number of hydrogen-bond acceptors (Lipinski definition) is 3. The molecule has 0 saturated heterocycles. The van der Waals surface area contributed by atoms with Crippen LogP contribution in [0.1, 0.15) is 28.4 Å². The molecule has 1 N–H and O–H groups in total. The predicted molar refractivity (Wildman–Crippen MR) is 39.9 cm³/mol. The van der Waals surface area contributed by atoms with E-state index in [4.69, 9.17) is 8.22 Å². The number of amides is 1. The van der Waals surface area contributed by atoms with E-state index < -0.39 is 31.8 Å². The quantitative estimate of drug-likeness (QED) is 0.602. The Bertz CT molecular complexity index is 297. The van der Waals surface area contributed by atoms with Crippen LogP contribution in [0.3, 0.4) is 0 Å². The maximum absolute atomic E-state index is 11.3. The molecule has 4 heteroatoms. The lowest BCUT2D eigenvalue weighted by Crippen LogP contribution is -2.39. The lowest BCUT2D eigenvalue weighted by Gasteiger charge is -2.12. The Morgan fingerprint density at radius 3 is 2.91 bits per heavy atom. The fourth-order valence-corrected chi connectivity index (χ4v) is 0.557. The molecule has 1 atom stereocenters. The van der Waals surface area contributed by atoms with Gasteiger partial charge in [-0.25, -0.2) is 4.79 Å². The Kier molecular flexibility index (Phi) is 1.52. The van der Waals surface area contributed by atoms with Gasteiger partial charge in [0.25, 0.3) is 0 Å². The van der Waals surface area contributed by atoms with Gasteiger partial charge in [-0.3, -0.25) is 4.79 Å². The van der Waals surface area contributed by atoms with Gasteiger partial charge in [-0.1, -0.05) is 6.92 Å². The molecule has 0 heterocycles. The molecule has 0 unspecified atom stereocenters. The van der Waals surface area contributed by atoms with Crippen LogP contribution in [0.15, 0.2) is 0 Å². The second-order valence-corrected chi connectivity index (χ2v) is 1.86. The fraction of sp³-hybridized carbons (Fsp3) is 0.714. The van der Waals surface area contributed by atoms with Crippen molar-refractivity contribution in [2.45, 2.75) is 26.2 Å². The van der Waals surface area contributed by atoms with Crippen molar-refractivity contribution in [3.05, 3.63) is 0 Å². The highest BCUT2D eigenvalue weighted by molar-refractivity contribution is 5.82. The van der Waals surface area contributed by atoms with Crippen LogP contribution in [0, 0.1) is 0 Å². The molecule has 0 aliphatic rings. The SMILES string of the molecule is [2H]C([2H])([2H])OC(=O)[C@@H](CC)NC(=O)C([2H])([2H])[2H]. The second-order valence-electron chi connectivity index (χ2n) is 1.86.